The zero-order valence-corrected chi connectivity index (χ0v) is 12.8. The van der Waals surface area contributed by atoms with Gasteiger partial charge in [-0.05, 0) is 30.3 Å². The molecule has 0 N–H and O–H groups in total. The smallest absolute Gasteiger partial charge is 0.169 e. The van der Waals surface area contributed by atoms with E-state index in [0.717, 1.165) is 16.0 Å². The molecule has 0 radical (unpaired) electrons. The fourth-order valence-corrected chi connectivity index (χ4v) is 2.80. The molecule has 0 saturated heterocycles. The first-order valence-corrected chi connectivity index (χ1v) is 7.67. The highest BCUT2D eigenvalue weighted by molar-refractivity contribution is 7.12. The van der Waals surface area contributed by atoms with Crippen molar-refractivity contribution in [2.45, 2.75) is 6.42 Å². The number of thiophene rings is 1. The average Bonchev–Trinajstić information content (AvgIpc) is 3.01. The lowest BCUT2D eigenvalue weighted by Crippen LogP contribution is -2.02. The Labute approximate surface area is 136 Å². The van der Waals surface area contributed by atoms with Crippen molar-refractivity contribution in [2.75, 3.05) is 0 Å². The fraction of sp³-hybridized carbons (Fsp3) is 0.0556. The molecule has 0 aliphatic rings. The Hall–Kier alpha value is -2.84. The van der Waals surface area contributed by atoms with Crippen molar-refractivity contribution in [3.05, 3.63) is 81.8 Å². The van der Waals surface area contributed by atoms with Gasteiger partial charge in [0.15, 0.2) is 5.78 Å². The SMILES string of the molecule is O=C(Cc1ccc(C#Cc2cncc(F)c2)s1)c1cccnc1. The number of rotatable bonds is 3. The van der Waals surface area contributed by atoms with Gasteiger partial charge in [-0.3, -0.25) is 14.8 Å². The third-order valence-corrected chi connectivity index (χ3v) is 4.02. The van der Waals surface area contributed by atoms with Crippen molar-refractivity contribution in [1.82, 2.24) is 9.97 Å². The lowest BCUT2D eigenvalue weighted by atomic mass is 10.1. The van der Waals surface area contributed by atoms with Gasteiger partial charge in [-0.15, -0.1) is 11.3 Å². The predicted octanol–water partition coefficient (Wildman–Crippen LogP) is 3.50. The predicted molar refractivity (Wildman–Crippen MR) is 86.8 cm³/mol. The van der Waals surface area contributed by atoms with Crippen LogP contribution in [0.2, 0.25) is 0 Å². The van der Waals surface area contributed by atoms with Crippen LogP contribution < -0.4 is 0 Å². The minimum absolute atomic E-state index is 0.0220. The number of Topliss-reactive ketones (excluding diaryl/α,β-unsaturated/α-hetero) is 1. The zero-order valence-electron chi connectivity index (χ0n) is 12.0. The van der Waals surface area contributed by atoms with Crippen LogP contribution in [-0.2, 0) is 6.42 Å². The van der Waals surface area contributed by atoms with E-state index in [4.69, 9.17) is 0 Å². The molecule has 0 bridgehead atoms. The average molecular weight is 322 g/mol. The molecule has 0 atom stereocenters. The minimum Gasteiger partial charge on any atom is -0.294 e. The second-order valence-corrected chi connectivity index (χ2v) is 5.92. The summed E-state index contributed by atoms with van der Waals surface area (Å²) >= 11 is 1.45. The van der Waals surface area contributed by atoms with E-state index in [9.17, 15) is 9.18 Å². The lowest BCUT2D eigenvalue weighted by Gasteiger charge is -1.97. The summed E-state index contributed by atoms with van der Waals surface area (Å²) in [6, 6.07) is 8.57. The largest absolute Gasteiger partial charge is 0.294 e. The summed E-state index contributed by atoms with van der Waals surface area (Å²) in [5.41, 5.74) is 1.12. The summed E-state index contributed by atoms with van der Waals surface area (Å²) in [6.07, 6.45) is 6.17. The molecule has 3 rings (SSSR count). The fourth-order valence-electron chi connectivity index (χ4n) is 1.94. The molecule has 0 aromatic carbocycles. The van der Waals surface area contributed by atoms with Crippen LogP contribution in [0.15, 0.2) is 55.1 Å². The van der Waals surface area contributed by atoms with Gasteiger partial charge in [0.1, 0.15) is 5.82 Å². The van der Waals surface area contributed by atoms with Gasteiger partial charge in [0.05, 0.1) is 11.1 Å². The molecule has 112 valence electrons. The Kier molecular flexibility index (Phi) is 4.55. The van der Waals surface area contributed by atoms with Crippen LogP contribution in [0.25, 0.3) is 0 Å². The van der Waals surface area contributed by atoms with Crippen molar-refractivity contribution in [2.24, 2.45) is 0 Å². The second-order valence-electron chi connectivity index (χ2n) is 4.75. The summed E-state index contributed by atoms with van der Waals surface area (Å²) in [5, 5.41) is 0. The lowest BCUT2D eigenvalue weighted by molar-refractivity contribution is 0.0993. The molecule has 3 nitrogen and oxygen atoms in total. The molecule has 0 fully saturated rings. The Morgan fingerprint density at radius 2 is 2.04 bits per heavy atom. The first kappa shape index (κ1) is 15.1. The number of hydrogen-bond donors (Lipinski definition) is 0. The number of carbonyl (C=O) groups is 1. The van der Waals surface area contributed by atoms with E-state index >= 15 is 0 Å². The van der Waals surface area contributed by atoms with Crippen molar-refractivity contribution < 1.29 is 9.18 Å². The Morgan fingerprint density at radius 1 is 1.13 bits per heavy atom. The highest BCUT2D eigenvalue weighted by Gasteiger charge is 2.08. The van der Waals surface area contributed by atoms with Gasteiger partial charge in [-0.1, -0.05) is 11.8 Å². The maximum atomic E-state index is 13.0. The van der Waals surface area contributed by atoms with Crippen molar-refractivity contribution in [1.29, 1.82) is 0 Å². The van der Waals surface area contributed by atoms with Gasteiger partial charge in [0.2, 0.25) is 0 Å². The number of hydrogen-bond acceptors (Lipinski definition) is 4. The summed E-state index contributed by atoms with van der Waals surface area (Å²) in [4.78, 5) is 21.6. The normalized spacial score (nSPS) is 9.96. The van der Waals surface area contributed by atoms with Gasteiger partial charge < -0.3 is 0 Å². The summed E-state index contributed by atoms with van der Waals surface area (Å²) < 4.78 is 13.0. The Morgan fingerprint density at radius 3 is 2.83 bits per heavy atom. The van der Waals surface area contributed by atoms with E-state index in [1.54, 1.807) is 24.5 Å². The van der Waals surface area contributed by atoms with Crippen LogP contribution in [0.1, 0.15) is 25.7 Å². The molecule has 0 aliphatic carbocycles. The molecule has 0 saturated carbocycles. The third-order valence-electron chi connectivity index (χ3n) is 3.01. The highest BCUT2D eigenvalue weighted by Crippen LogP contribution is 2.18. The Balaban J connectivity index is 1.71. The van der Waals surface area contributed by atoms with E-state index < -0.39 is 5.82 Å². The van der Waals surface area contributed by atoms with Gasteiger partial charge in [-0.25, -0.2) is 4.39 Å². The summed E-state index contributed by atoms with van der Waals surface area (Å²) in [6.45, 7) is 0. The molecular weight excluding hydrogens is 311 g/mol. The zero-order chi connectivity index (χ0) is 16.1. The van der Waals surface area contributed by atoms with E-state index in [-0.39, 0.29) is 5.78 Å². The molecule has 0 aliphatic heterocycles. The molecule has 3 aromatic rings. The minimum atomic E-state index is -0.411. The third kappa shape index (κ3) is 4.09. The number of halogens is 1. The topological polar surface area (TPSA) is 42.9 Å². The number of ketones is 1. The molecule has 3 aromatic heterocycles. The van der Waals surface area contributed by atoms with Crippen LogP contribution in [0.3, 0.4) is 0 Å². The van der Waals surface area contributed by atoms with Gasteiger partial charge in [0.25, 0.3) is 0 Å². The molecule has 0 amide bonds. The van der Waals surface area contributed by atoms with E-state index in [1.165, 1.54) is 23.6 Å². The van der Waals surface area contributed by atoms with Gasteiger partial charge in [0, 0.05) is 41.0 Å². The quantitative estimate of drug-likeness (QED) is 0.547. The molecule has 0 unspecified atom stereocenters. The van der Waals surface area contributed by atoms with Crippen LogP contribution in [0.5, 0.6) is 0 Å². The summed E-state index contributed by atoms with van der Waals surface area (Å²) in [7, 11) is 0. The second kappa shape index (κ2) is 6.95. The number of aromatic nitrogens is 2. The maximum Gasteiger partial charge on any atom is 0.169 e. The molecule has 3 heterocycles. The van der Waals surface area contributed by atoms with Gasteiger partial charge in [-0.2, -0.15) is 0 Å². The maximum absolute atomic E-state index is 13.0. The van der Waals surface area contributed by atoms with Gasteiger partial charge >= 0.3 is 0 Å². The van der Waals surface area contributed by atoms with Crippen molar-refractivity contribution >= 4 is 17.1 Å². The van der Waals surface area contributed by atoms with E-state index in [2.05, 4.69) is 21.8 Å². The number of carbonyl (C=O) groups excluding carboxylic acids is 1. The van der Waals surface area contributed by atoms with E-state index in [1.807, 2.05) is 12.1 Å². The highest BCUT2D eigenvalue weighted by atomic mass is 32.1. The summed E-state index contributed by atoms with van der Waals surface area (Å²) in [5.74, 6) is 5.43. The number of pyridine rings is 2. The van der Waals surface area contributed by atoms with Crippen molar-refractivity contribution in [3.8, 4) is 11.8 Å². The van der Waals surface area contributed by atoms with Crippen LogP contribution >= 0.6 is 11.3 Å². The number of nitrogens with zero attached hydrogens (tertiary/aromatic N) is 2. The molecule has 23 heavy (non-hydrogen) atoms. The molecular formula is C18H11FN2OS. The first-order valence-electron chi connectivity index (χ1n) is 6.85. The standard InChI is InChI=1S/C18H11FN2OS/c19-15-8-13(10-21-12-15)3-4-16-5-6-17(23-16)9-18(22)14-2-1-7-20-11-14/h1-2,5-8,10-12H,9H2. The Bertz CT molecular complexity index is 894. The molecule has 0 spiro atoms. The van der Waals surface area contributed by atoms with E-state index in [0.29, 0.717) is 17.5 Å². The van der Waals surface area contributed by atoms with Crippen LogP contribution in [0.4, 0.5) is 4.39 Å². The van der Waals surface area contributed by atoms with Crippen LogP contribution in [0, 0.1) is 17.7 Å². The van der Waals surface area contributed by atoms with Crippen LogP contribution in [-0.4, -0.2) is 15.8 Å². The molecule has 5 heteroatoms. The first-order chi connectivity index (χ1) is 11.2. The van der Waals surface area contributed by atoms with Crippen molar-refractivity contribution in [3.63, 3.8) is 0 Å². The monoisotopic (exact) mass is 322 g/mol.